The zero-order valence-corrected chi connectivity index (χ0v) is 8.46. The first kappa shape index (κ1) is 10.0. The van der Waals surface area contributed by atoms with Crippen LogP contribution < -0.4 is 0 Å². The highest BCUT2D eigenvalue weighted by molar-refractivity contribution is 5.83. The summed E-state index contributed by atoms with van der Waals surface area (Å²) in [5, 5.41) is 0. The molecule has 0 N–H and O–H groups in total. The van der Waals surface area contributed by atoms with E-state index in [0.717, 1.165) is 5.76 Å². The molecule has 13 heavy (non-hydrogen) atoms. The Balaban J connectivity index is 2.40. The first-order chi connectivity index (χ1) is 6.00. The Morgan fingerprint density at radius 3 is 2.62 bits per heavy atom. The Labute approximate surface area is 78.9 Å². The largest absolute Gasteiger partial charge is 0.469 e. The van der Waals surface area contributed by atoms with E-state index >= 15 is 0 Å². The lowest BCUT2D eigenvalue weighted by atomic mass is 9.88. The lowest BCUT2D eigenvalue weighted by Gasteiger charge is -2.15. The number of ketones is 1. The van der Waals surface area contributed by atoms with Crippen molar-refractivity contribution in [2.45, 2.75) is 33.6 Å². The van der Waals surface area contributed by atoms with Crippen molar-refractivity contribution in [2.75, 3.05) is 0 Å². The van der Waals surface area contributed by atoms with Gasteiger partial charge in [-0.25, -0.2) is 0 Å². The van der Waals surface area contributed by atoms with Crippen LogP contribution in [0.3, 0.4) is 0 Å². The highest BCUT2D eigenvalue weighted by Gasteiger charge is 2.20. The molecule has 0 aliphatic heterocycles. The quantitative estimate of drug-likeness (QED) is 0.716. The standard InChI is InChI=1S/C11H16O2/c1-11(2,3)10(12)7-6-9-5-4-8-13-9/h4-5,8H,6-7H2,1-3H3. The summed E-state index contributed by atoms with van der Waals surface area (Å²) < 4.78 is 5.14. The monoisotopic (exact) mass is 180 g/mol. The molecular weight excluding hydrogens is 164 g/mol. The van der Waals surface area contributed by atoms with Crippen molar-refractivity contribution in [2.24, 2.45) is 5.41 Å². The molecule has 0 radical (unpaired) electrons. The fraction of sp³-hybridized carbons (Fsp3) is 0.545. The Hall–Kier alpha value is -1.05. The second kappa shape index (κ2) is 3.77. The summed E-state index contributed by atoms with van der Waals surface area (Å²) in [4.78, 5) is 11.5. The number of rotatable bonds is 3. The molecule has 2 heteroatoms. The van der Waals surface area contributed by atoms with Gasteiger partial charge in [-0.15, -0.1) is 0 Å². The van der Waals surface area contributed by atoms with E-state index in [1.54, 1.807) is 6.26 Å². The van der Waals surface area contributed by atoms with E-state index in [9.17, 15) is 4.79 Å². The van der Waals surface area contributed by atoms with Gasteiger partial charge in [0.1, 0.15) is 11.5 Å². The van der Waals surface area contributed by atoms with Gasteiger partial charge >= 0.3 is 0 Å². The van der Waals surface area contributed by atoms with Crippen LogP contribution in [0.2, 0.25) is 0 Å². The van der Waals surface area contributed by atoms with Gasteiger partial charge in [-0.1, -0.05) is 20.8 Å². The van der Waals surface area contributed by atoms with Crippen LogP contribution in [0.25, 0.3) is 0 Å². The summed E-state index contributed by atoms with van der Waals surface area (Å²) in [6.45, 7) is 5.83. The number of Topliss-reactive ketones (excluding diaryl/α,β-unsaturated/α-hetero) is 1. The van der Waals surface area contributed by atoms with Gasteiger partial charge in [0.25, 0.3) is 0 Å². The summed E-state index contributed by atoms with van der Waals surface area (Å²) in [6, 6.07) is 3.74. The van der Waals surface area contributed by atoms with Crippen LogP contribution in [0.15, 0.2) is 22.8 Å². The van der Waals surface area contributed by atoms with E-state index in [0.29, 0.717) is 12.8 Å². The van der Waals surface area contributed by atoms with Crippen molar-refractivity contribution in [1.29, 1.82) is 0 Å². The maximum absolute atomic E-state index is 11.5. The molecule has 0 aliphatic carbocycles. The number of hydrogen-bond donors (Lipinski definition) is 0. The van der Waals surface area contributed by atoms with Crippen LogP contribution in [0, 0.1) is 5.41 Å². The molecule has 1 aromatic rings. The minimum absolute atomic E-state index is 0.230. The topological polar surface area (TPSA) is 30.2 Å². The second-order valence-corrected chi connectivity index (χ2v) is 4.25. The van der Waals surface area contributed by atoms with E-state index in [1.807, 2.05) is 32.9 Å². The molecule has 1 heterocycles. The molecule has 1 rings (SSSR count). The number of aryl methyl sites for hydroxylation is 1. The molecule has 0 unspecified atom stereocenters. The molecule has 1 aromatic heterocycles. The summed E-state index contributed by atoms with van der Waals surface area (Å²) in [7, 11) is 0. The van der Waals surface area contributed by atoms with E-state index in [2.05, 4.69) is 0 Å². The van der Waals surface area contributed by atoms with Crippen molar-refractivity contribution in [1.82, 2.24) is 0 Å². The predicted molar refractivity (Wildman–Crippen MR) is 51.5 cm³/mol. The smallest absolute Gasteiger partial charge is 0.138 e. The lowest BCUT2D eigenvalue weighted by Crippen LogP contribution is -2.20. The van der Waals surface area contributed by atoms with E-state index in [1.165, 1.54) is 0 Å². The molecule has 0 bridgehead atoms. The van der Waals surface area contributed by atoms with Crippen LogP contribution in [-0.4, -0.2) is 5.78 Å². The number of hydrogen-bond acceptors (Lipinski definition) is 2. The van der Waals surface area contributed by atoms with Gasteiger partial charge in [0.05, 0.1) is 6.26 Å². The summed E-state index contributed by atoms with van der Waals surface area (Å²) in [6.07, 6.45) is 2.91. The van der Waals surface area contributed by atoms with Crippen molar-refractivity contribution in [3.63, 3.8) is 0 Å². The normalized spacial score (nSPS) is 11.6. The van der Waals surface area contributed by atoms with Crippen molar-refractivity contribution in [3.8, 4) is 0 Å². The molecule has 0 saturated heterocycles. The molecule has 0 saturated carbocycles. The van der Waals surface area contributed by atoms with Crippen LogP contribution in [0.5, 0.6) is 0 Å². The zero-order chi connectivity index (χ0) is 9.90. The van der Waals surface area contributed by atoms with Crippen LogP contribution in [0.4, 0.5) is 0 Å². The van der Waals surface area contributed by atoms with Gasteiger partial charge in [-0.2, -0.15) is 0 Å². The molecule has 0 spiro atoms. The highest BCUT2D eigenvalue weighted by Crippen LogP contribution is 2.18. The number of carbonyl (C=O) groups is 1. The fourth-order valence-corrected chi connectivity index (χ4v) is 1.07. The first-order valence-electron chi connectivity index (χ1n) is 4.56. The van der Waals surface area contributed by atoms with Crippen molar-refractivity contribution in [3.05, 3.63) is 24.2 Å². The summed E-state index contributed by atoms with van der Waals surface area (Å²) in [5.74, 6) is 1.17. The first-order valence-corrected chi connectivity index (χ1v) is 4.56. The Bertz CT molecular complexity index is 265. The Morgan fingerprint density at radius 2 is 2.15 bits per heavy atom. The molecule has 2 nitrogen and oxygen atoms in total. The molecule has 0 atom stereocenters. The average Bonchev–Trinajstić information content (AvgIpc) is 2.50. The third-order valence-corrected chi connectivity index (χ3v) is 2.02. The van der Waals surface area contributed by atoms with Crippen LogP contribution >= 0.6 is 0 Å². The SMILES string of the molecule is CC(C)(C)C(=O)CCc1ccco1. The van der Waals surface area contributed by atoms with Gasteiger partial charge in [0.2, 0.25) is 0 Å². The predicted octanol–water partition coefficient (Wildman–Crippen LogP) is 2.83. The van der Waals surface area contributed by atoms with Gasteiger partial charge in [-0.05, 0) is 12.1 Å². The zero-order valence-electron chi connectivity index (χ0n) is 8.46. The van der Waals surface area contributed by atoms with E-state index in [-0.39, 0.29) is 11.2 Å². The highest BCUT2D eigenvalue weighted by atomic mass is 16.3. The maximum Gasteiger partial charge on any atom is 0.138 e. The molecule has 0 fully saturated rings. The minimum atomic E-state index is -0.230. The van der Waals surface area contributed by atoms with E-state index < -0.39 is 0 Å². The third-order valence-electron chi connectivity index (χ3n) is 2.02. The summed E-state index contributed by atoms with van der Waals surface area (Å²) in [5.41, 5.74) is -0.230. The van der Waals surface area contributed by atoms with Gasteiger partial charge in [0.15, 0.2) is 0 Å². The molecule has 0 aliphatic rings. The maximum atomic E-state index is 11.5. The summed E-state index contributed by atoms with van der Waals surface area (Å²) >= 11 is 0. The Morgan fingerprint density at radius 1 is 1.46 bits per heavy atom. The second-order valence-electron chi connectivity index (χ2n) is 4.25. The third kappa shape index (κ3) is 3.05. The number of furan rings is 1. The lowest BCUT2D eigenvalue weighted by molar-refractivity contribution is -0.126. The van der Waals surface area contributed by atoms with Gasteiger partial charge in [0, 0.05) is 18.3 Å². The molecular formula is C11H16O2. The van der Waals surface area contributed by atoms with Crippen LogP contribution in [0.1, 0.15) is 33.0 Å². The fourth-order valence-electron chi connectivity index (χ4n) is 1.07. The van der Waals surface area contributed by atoms with Crippen molar-refractivity contribution >= 4 is 5.78 Å². The van der Waals surface area contributed by atoms with Gasteiger partial charge in [-0.3, -0.25) is 4.79 Å². The number of carbonyl (C=O) groups excluding carboxylic acids is 1. The van der Waals surface area contributed by atoms with Crippen molar-refractivity contribution < 1.29 is 9.21 Å². The average molecular weight is 180 g/mol. The molecule has 72 valence electrons. The van der Waals surface area contributed by atoms with Gasteiger partial charge < -0.3 is 4.42 Å². The van der Waals surface area contributed by atoms with E-state index in [4.69, 9.17) is 4.42 Å². The Kier molecular flexibility index (Phi) is 2.91. The molecule has 0 aromatic carbocycles. The van der Waals surface area contributed by atoms with Crippen LogP contribution in [-0.2, 0) is 11.2 Å². The minimum Gasteiger partial charge on any atom is -0.469 e. The molecule has 0 amide bonds.